The molecule has 0 saturated carbocycles. The fourth-order valence-corrected chi connectivity index (χ4v) is 1.06. The first-order valence-electron chi connectivity index (χ1n) is 4.36. The zero-order valence-electron chi connectivity index (χ0n) is 8.36. The van der Waals surface area contributed by atoms with Crippen molar-refractivity contribution in [2.24, 2.45) is 0 Å². The highest BCUT2D eigenvalue weighted by Crippen LogP contribution is 1.98. The molecule has 1 aromatic carbocycles. The topological polar surface area (TPSA) is 41.6 Å². The molecule has 0 aromatic heterocycles. The van der Waals surface area contributed by atoms with Crippen LogP contribution in [-0.2, 0) is 16.2 Å². The number of nitrogens with one attached hydrogen (secondary N) is 1. The van der Waals surface area contributed by atoms with Crippen LogP contribution in [0.25, 0.3) is 0 Å². The first-order chi connectivity index (χ1) is 6.74. The predicted octanol–water partition coefficient (Wildman–Crippen LogP) is 1.10. The van der Waals surface area contributed by atoms with E-state index in [-0.39, 0.29) is 5.91 Å². The summed E-state index contributed by atoms with van der Waals surface area (Å²) in [5, 5.41) is 1.10. The van der Waals surface area contributed by atoms with Gasteiger partial charge in [-0.3, -0.25) is 9.63 Å². The number of benzene rings is 1. The molecule has 0 atom stereocenters. The summed E-state index contributed by atoms with van der Waals surface area (Å²) < 4.78 is 0. The van der Waals surface area contributed by atoms with Gasteiger partial charge in [-0.25, -0.2) is 5.43 Å². The van der Waals surface area contributed by atoms with Gasteiger partial charge in [0.05, 0.1) is 7.11 Å². The quantitative estimate of drug-likeness (QED) is 0.730. The Kier molecular flexibility index (Phi) is 4.10. The largest absolute Gasteiger partial charge is 0.271 e. The monoisotopic (exact) mass is 194 g/mol. The van der Waals surface area contributed by atoms with Gasteiger partial charge in [0, 0.05) is 13.5 Å². The molecular formula is C10H14N2O2. The summed E-state index contributed by atoms with van der Waals surface area (Å²) in [6.45, 7) is 2.00. The number of hydrogen-bond donors (Lipinski definition) is 1. The summed E-state index contributed by atoms with van der Waals surface area (Å²) in [4.78, 5) is 15.7. The van der Waals surface area contributed by atoms with Crippen molar-refractivity contribution in [3.05, 3.63) is 35.9 Å². The Morgan fingerprint density at radius 2 is 2.07 bits per heavy atom. The van der Waals surface area contributed by atoms with E-state index >= 15 is 0 Å². The van der Waals surface area contributed by atoms with Crippen molar-refractivity contribution in [2.75, 3.05) is 7.11 Å². The van der Waals surface area contributed by atoms with Gasteiger partial charge in [-0.15, -0.1) is 5.17 Å². The zero-order chi connectivity index (χ0) is 10.4. The number of hydrazine groups is 1. The van der Waals surface area contributed by atoms with E-state index in [0.717, 1.165) is 10.7 Å². The van der Waals surface area contributed by atoms with Gasteiger partial charge in [0.2, 0.25) is 0 Å². The van der Waals surface area contributed by atoms with Crippen molar-refractivity contribution in [2.45, 2.75) is 13.5 Å². The van der Waals surface area contributed by atoms with Gasteiger partial charge >= 0.3 is 0 Å². The van der Waals surface area contributed by atoms with E-state index in [2.05, 4.69) is 5.43 Å². The van der Waals surface area contributed by atoms with Crippen molar-refractivity contribution in [3.63, 3.8) is 0 Å². The molecule has 1 rings (SSSR count). The second-order valence-corrected chi connectivity index (χ2v) is 2.82. The third kappa shape index (κ3) is 3.16. The highest BCUT2D eigenvalue weighted by Gasteiger charge is 2.05. The molecule has 4 heteroatoms. The lowest BCUT2D eigenvalue weighted by Gasteiger charge is -2.18. The zero-order valence-corrected chi connectivity index (χ0v) is 8.36. The third-order valence-corrected chi connectivity index (χ3v) is 1.74. The fraction of sp³-hybridized carbons (Fsp3) is 0.300. The second kappa shape index (κ2) is 5.36. The van der Waals surface area contributed by atoms with Gasteiger partial charge in [-0.05, 0) is 5.56 Å². The molecule has 0 saturated heterocycles. The highest BCUT2D eigenvalue weighted by atomic mass is 16.7. The molecule has 0 fully saturated rings. The van der Waals surface area contributed by atoms with Crippen LogP contribution in [0.5, 0.6) is 0 Å². The fourth-order valence-electron chi connectivity index (χ4n) is 1.06. The Hall–Kier alpha value is -1.39. The number of rotatable bonds is 4. The molecule has 0 aliphatic carbocycles. The molecule has 4 nitrogen and oxygen atoms in total. The van der Waals surface area contributed by atoms with Crippen molar-refractivity contribution >= 4 is 5.91 Å². The molecule has 14 heavy (non-hydrogen) atoms. The third-order valence-electron chi connectivity index (χ3n) is 1.74. The lowest BCUT2D eigenvalue weighted by molar-refractivity contribution is -0.191. The van der Waals surface area contributed by atoms with Gasteiger partial charge in [0.25, 0.3) is 5.91 Å². The molecule has 0 aliphatic heterocycles. The number of nitrogens with zero attached hydrogens (tertiary/aromatic N) is 1. The minimum Gasteiger partial charge on any atom is -0.271 e. The van der Waals surface area contributed by atoms with E-state index in [9.17, 15) is 4.79 Å². The van der Waals surface area contributed by atoms with Crippen LogP contribution >= 0.6 is 0 Å². The van der Waals surface area contributed by atoms with Crippen LogP contribution in [0.15, 0.2) is 30.3 Å². The number of carbonyl (C=O) groups is 1. The Labute approximate surface area is 83.4 Å². The molecule has 1 aromatic rings. The van der Waals surface area contributed by atoms with Crippen molar-refractivity contribution in [1.29, 1.82) is 0 Å². The van der Waals surface area contributed by atoms with E-state index in [4.69, 9.17) is 4.84 Å². The second-order valence-electron chi connectivity index (χ2n) is 2.82. The maximum Gasteiger partial charge on any atom is 0.258 e. The molecule has 0 radical (unpaired) electrons. The van der Waals surface area contributed by atoms with Gasteiger partial charge in [0.15, 0.2) is 0 Å². The van der Waals surface area contributed by atoms with Crippen LogP contribution in [0.3, 0.4) is 0 Å². The lowest BCUT2D eigenvalue weighted by Crippen LogP contribution is -2.40. The van der Waals surface area contributed by atoms with Crippen LogP contribution in [0.1, 0.15) is 12.5 Å². The molecule has 1 amide bonds. The van der Waals surface area contributed by atoms with Crippen LogP contribution in [0, 0.1) is 0 Å². The normalized spacial score (nSPS) is 9.86. The van der Waals surface area contributed by atoms with Gasteiger partial charge in [-0.1, -0.05) is 30.3 Å². The number of hydroxylamine groups is 1. The van der Waals surface area contributed by atoms with Gasteiger partial charge < -0.3 is 0 Å². The Balaban J connectivity index is 2.44. The van der Waals surface area contributed by atoms with E-state index < -0.39 is 0 Å². The number of carbonyl (C=O) groups excluding carboxylic acids is 1. The van der Waals surface area contributed by atoms with Crippen LogP contribution < -0.4 is 5.43 Å². The number of amides is 1. The van der Waals surface area contributed by atoms with Crippen molar-refractivity contribution in [3.8, 4) is 0 Å². The molecular weight excluding hydrogens is 180 g/mol. The highest BCUT2D eigenvalue weighted by molar-refractivity contribution is 5.71. The maximum atomic E-state index is 10.9. The smallest absolute Gasteiger partial charge is 0.258 e. The first-order valence-corrected chi connectivity index (χ1v) is 4.36. The SMILES string of the molecule is CON(NCc1ccccc1)C(C)=O. The standard InChI is InChI=1S/C10H14N2O2/c1-9(13)12(14-2)11-8-10-6-4-3-5-7-10/h3-7,11H,8H2,1-2H3. The molecule has 0 bridgehead atoms. The van der Waals surface area contributed by atoms with E-state index in [1.807, 2.05) is 30.3 Å². The summed E-state index contributed by atoms with van der Waals surface area (Å²) in [7, 11) is 1.44. The summed E-state index contributed by atoms with van der Waals surface area (Å²) in [6, 6.07) is 9.79. The molecule has 1 N–H and O–H groups in total. The molecule has 76 valence electrons. The molecule has 0 spiro atoms. The van der Waals surface area contributed by atoms with Crippen LogP contribution in [0.2, 0.25) is 0 Å². The summed E-state index contributed by atoms with van der Waals surface area (Å²) >= 11 is 0. The van der Waals surface area contributed by atoms with E-state index in [1.54, 1.807) is 0 Å². The first kappa shape index (κ1) is 10.7. The van der Waals surface area contributed by atoms with Crippen molar-refractivity contribution in [1.82, 2.24) is 10.6 Å². The van der Waals surface area contributed by atoms with Gasteiger partial charge in [-0.2, -0.15) is 0 Å². The average molecular weight is 194 g/mol. The Morgan fingerprint density at radius 3 is 2.57 bits per heavy atom. The van der Waals surface area contributed by atoms with E-state index in [0.29, 0.717) is 6.54 Å². The number of hydrogen-bond acceptors (Lipinski definition) is 3. The molecule has 0 unspecified atom stereocenters. The predicted molar refractivity (Wildman–Crippen MR) is 52.8 cm³/mol. The Bertz CT molecular complexity index is 287. The molecule has 0 aliphatic rings. The molecule has 0 heterocycles. The Morgan fingerprint density at radius 1 is 1.43 bits per heavy atom. The maximum absolute atomic E-state index is 10.9. The van der Waals surface area contributed by atoms with Crippen LogP contribution in [0.4, 0.5) is 0 Å². The van der Waals surface area contributed by atoms with E-state index in [1.165, 1.54) is 14.0 Å². The van der Waals surface area contributed by atoms with Crippen molar-refractivity contribution < 1.29 is 9.63 Å². The summed E-state index contributed by atoms with van der Waals surface area (Å²) in [5.41, 5.74) is 3.94. The average Bonchev–Trinajstić information content (AvgIpc) is 2.20. The lowest BCUT2D eigenvalue weighted by atomic mass is 10.2. The summed E-state index contributed by atoms with van der Waals surface area (Å²) in [6.07, 6.45) is 0. The summed E-state index contributed by atoms with van der Waals surface area (Å²) in [5.74, 6) is -0.177. The van der Waals surface area contributed by atoms with Gasteiger partial charge in [0.1, 0.15) is 0 Å². The minimum absolute atomic E-state index is 0.177. The minimum atomic E-state index is -0.177. The van der Waals surface area contributed by atoms with Crippen LogP contribution in [-0.4, -0.2) is 18.2 Å².